The fraction of sp³-hybridized carbons (Fsp3) is 0.379. The fourth-order valence-electron chi connectivity index (χ4n) is 4.26. The van der Waals surface area contributed by atoms with Crippen molar-refractivity contribution >= 4 is 0 Å². The third-order valence-electron chi connectivity index (χ3n) is 6.50. The van der Waals surface area contributed by atoms with Crippen LogP contribution in [-0.2, 0) is 5.41 Å². The van der Waals surface area contributed by atoms with Crippen LogP contribution in [0.5, 0.6) is 17.2 Å². The van der Waals surface area contributed by atoms with Gasteiger partial charge >= 0.3 is 0 Å². The Morgan fingerprint density at radius 1 is 0.512 bits per heavy atom. The Morgan fingerprint density at radius 3 is 1.02 bits per heavy atom. The molecule has 12 nitrogen and oxygen atoms in total. The summed E-state index contributed by atoms with van der Waals surface area (Å²) in [7, 11) is 0. The van der Waals surface area contributed by atoms with Gasteiger partial charge in [-0.1, -0.05) is 51.7 Å². The molecule has 12 heteroatoms. The van der Waals surface area contributed by atoms with Crippen molar-refractivity contribution in [1.82, 2.24) is 0 Å². The highest BCUT2D eigenvalue weighted by Crippen LogP contribution is 2.40. The number of benzene rings is 3. The van der Waals surface area contributed by atoms with E-state index in [-0.39, 0.29) is 0 Å². The number of hydrogen-bond acceptors (Lipinski definition) is 6. The minimum absolute atomic E-state index is 0.397. The summed E-state index contributed by atoms with van der Waals surface area (Å²) in [6, 6.07) is 24.0. The lowest BCUT2D eigenvalue weighted by atomic mass is 9.71. The predicted octanol–water partition coefficient (Wildman–Crippen LogP) is 8.28. The average Bonchev–Trinajstić information content (AvgIpc) is 3.01. The molecule has 0 aromatic heterocycles. The second kappa shape index (κ2) is 16.8. The maximum absolute atomic E-state index is 8.42. The first kappa shape index (κ1) is 30.5. The summed E-state index contributed by atoms with van der Waals surface area (Å²) < 4.78 is 17.5. The van der Waals surface area contributed by atoms with Crippen LogP contribution in [0.2, 0.25) is 0 Å². The first-order valence-electron chi connectivity index (χ1n) is 13.3. The number of hydrogen-bond donors (Lipinski definition) is 0. The molecule has 3 aromatic carbocycles. The topological polar surface area (TPSA) is 174 Å². The fourth-order valence-corrected chi connectivity index (χ4v) is 4.26. The maximum Gasteiger partial charge on any atom is 0.119 e. The lowest BCUT2D eigenvalue weighted by Gasteiger charge is -2.32. The number of rotatable bonds is 18. The van der Waals surface area contributed by atoms with E-state index in [9.17, 15) is 0 Å². The highest BCUT2D eigenvalue weighted by atomic mass is 16.5. The van der Waals surface area contributed by atoms with Crippen LogP contribution in [0.15, 0.2) is 88.1 Å². The van der Waals surface area contributed by atoms with Crippen molar-refractivity contribution in [2.45, 2.75) is 31.6 Å². The van der Waals surface area contributed by atoms with Gasteiger partial charge in [-0.3, -0.25) is 0 Å². The molecule has 0 N–H and O–H groups in total. The van der Waals surface area contributed by atoms with Crippen LogP contribution < -0.4 is 14.2 Å². The summed E-state index contributed by atoms with van der Waals surface area (Å²) in [6.45, 7) is 4.75. The van der Waals surface area contributed by atoms with Gasteiger partial charge in [0.15, 0.2) is 0 Å². The normalized spacial score (nSPS) is 11.6. The number of nitrogens with zero attached hydrogens (tertiary/aromatic N) is 9. The van der Waals surface area contributed by atoms with Gasteiger partial charge in [0.2, 0.25) is 0 Å². The van der Waals surface area contributed by atoms with Gasteiger partial charge in [-0.15, -0.1) is 0 Å². The molecule has 0 aliphatic carbocycles. The SMILES string of the molecule is CC(c1ccc(OCCCN=[N+]=[N-])cc1)(c1ccc(OCCCN=[N+]=[N-])cc1)c1ccc(OCCCN=[N+]=[N-])cc1. The largest absolute Gasteiger partial charge is 0.494 e. The van der Waals surface area contributed by atoms with Crippen molar-refractivity contribution in [1.29, 1.82) is 0 Å². The van der Waals surface area contributed by atoms with Crippen LogP contribution in [0.4, 0.5) is 0 Å². The molecule has 41 heavy (non-hydrogen) atoms. The van der Waals surface area contributed by atoms with Crippen molar-refractivity contribution in [2.75, 3.05) is 39.5 Å². The molecule has 0 bridgehead atoms. The quantitative estimate of drug-likeness (QED) is 0.0505. The second-order valence-electron chi connectivity index (χ2n) is 9.17. The van der Waals surface area contributed by atoms with Crippen molar-refractivity contribution in [2.24, 2.45) is 15.3 Å². The van der Waals surface area contributed by atoms with Gasteiger partial charge in [-0.2, -0.15) is 0 Å². The van der Waals surface area contributed by atoms with Crippen LogP contribution in [0.3, 0.4) is 0 Å². The molecule has 0 radical (unpaired) electrons. The van der Waals surface area contributed by atoms with E-state index in [1.807, 2.05) is 36.4 Å². The maximum atomic E-state index is 8.42. The lowest BCUT2D eigenvalue weighted by Crippen LogP contribution is -2.25. The Bertz CT molecular complexity index is 1190. The van der Waals surface area contributed by atoms with Gasteiger partial charge in [0.1, 0.15) is 17.2 Å². The molecular formula is C29H33N9O3. The van der Waals surface area contributed by atoms with Gasteiger partial charge in [0, 0.05) is 39.8 Å². The van der Waals surface area contributed by atoms with E-state index in [0.717, 1.165) is 33.9 Å². The Hall–Kier alpha value is -5.01. The summed E-state index contributed by atoms with van der Waals surface area (Å²) in [5, 5.41) is 10.6. The zero-order chi connectivity index (χ0) is 29.2. The minimum Gasteiger partial charge on any atom is -0.494 e. The van der Waals surface area contributed by atoms with E-state index in [0.29, 0.717) is 58.7 Å². The van der Waals surface area contributed by atoms with Gasteiger partial charge in [-0.05, 0) is 95.9 Å². The molecule has 0 heterocycles. The monoisotopic (exact) mass is 555 g/mol. The zero-order valence-corrected chi connectivity index (χ0v) is 23.0. The summed E-state index contributed by atoms with van der Waals surface area (Å²) in [5.41, 5.74) is 28.0. The van der Waals surface area contributed by atoms with Crippen molar-refractivity contribution < 1.29 is 14.2 Å². The third-order valence-corrected chi connectivity index (χ3v) is 6.50. The standard InChI is InChI=1S/C29H33N9O3/c1-29(23-5-11-26(12-6-23)39-20-2-17-33-36-30,24-7-13-27(14-8-24)40-21-3-18-34-37-31)25-9-15-28(16-10-25)41-22-4-19-35-38-32/h5-16H,2-4,17-22H2,1H3. The molecule has 212 valence electrons. The molecule has 0 aliphatic heterocycles. The van der Waals surface area contributed by atoms with Crippen molar-refractivity contribution in [3.8, 4) is 17.2 Å². The molecule has 0 amide bonds. The van der Waals surface area contributed by atoms with E-state index >= 15 is 0 Å². The number of ether oxygens (including phenoxy) is 3. The molecule has 3 rings (SSSR count). The zero-order valence-electron chi connectivity index (χ0n) is 23.0. The Balaban J connectivity index is 1.82. The summed E-state index contributed by atoms with van der Waals surface area (Å²) in [6.07, 6.45) is 1.93. The van der Waals surface area contributed by atoms with Gasteiger partial charge in [-0.25, -0.2) is 0 Å². The van der Waals surface area contributed by atoms with Crippen molar-refractivity contribution in [3.63, 3.8) is 0 Å². The average molecular weight is 556 g/mol. The van der Waals surface area contributed by atoms with E-state index in [1.165, 1.54) is 0 Å². The minimum atomic E-state index is -0.500. The first-order valence-corrected chi connectivity index (χ1v) is 13.3. The molecule has 0 fully saturated rings. The second-order valence-corrected chi connectivity index (χ2v) is 9.17. The molecule has 0 aliphatic rings. The first-order chi connectivity index (χ1) is 20.1. The molecule has 0 saturated heterocycles. The van der Waals surface area contributed by atoms with Crippen LogP contribution in [0.25, 0.3) is 31.3 Å². The van der Waals surface area contributed by atoms with E-state index < -0.39 is 5.41 Å². The summed E-state index contributed by atoms with van der Waals surface area (Å²) >= 11 is 0. The summed E-state index contributed by atoms with van der Waals surface area (Å²) in [4.78, 5) is 8.28. The van der Waals surface area contributed by atoms with Crippen LogP contribution in [-0.4, -0.2) is 39.5 Å². The number of azide groups is 3. The van der Waals surface area contributed by atoms with E-state index in [1.54, 1.807) is 0 Å². The molecule has 0 atom stereocenters. The van der Waals surface area contributed by atoms with E-state index in [2.05, 4.69) is 73.4 Å². The molecule has 0 spiro atoms. The third kappa shape index (κ3) is 9.30. The Kier molecular flexibility index (Phi) is 12.5. The smallest absolute Gasteiger partial charge is 0.119 e. The van der Waals surface area contributed by atoms with Gasteiger partial charge < -0.3 is 14.2 Å². The van der Waals surface area contributed by atoms with Gasteiger partial charge in [0.25, 0.3) is 0 Å². The highest BCUT2D eigenvalue weighted by Gasteiger charge is 2.31. The molecule has 0 unspecified atom stereocenters. The highest BCUT2D eigenvalue weighted by molar-refractivity contribution is 5.52. The van der Waals surface area contributed by atoms with Crippen molar-refractivity contribution in [3.05, 3.63) is 121 Å². The molecular weight excluding hydrogens is 522 g/mol. The van der Waals surface area contributed by atoms with Crippen LogP contribution >= 0.6 is 0 Å². The molecule has 3 aromatic rings. The Morgan fingerprint density at radius 2 is 0.780 bits per heavy atom. The van der Waals surface area contributed by atoms with Crippen LogP contribution in [0.1, 0.15) is 42.9 Å². The van der Waals surface area contributed by atoms with Gasteiger partial charge in [0.05, 0.1) is 19.8 Å². The predicted molar refractivity (Wildman–Crippen MR) is 157 cm³/mol. The van der Waals surface area contributed by atoms with E-state index in [4.69, 9.17) is 30.8 Å². The van der Waals surface area contributed by atoms with Crippen LogP contribution in [0, 0.1) is 0 Å². The molecule has 0 saturated carbocycles. The summed E-state index contributed by atoms with van der Waals surface area (Å²) in [5.74, 6) is 2.22. The lowest BCUT2D eigenvalue weighted by molar-refractivity contribution is 0.313. The Labute approximate surface area is 238 Å².